The first-order chi connectivity index (χ1) is 9.99. The van der Waals surface area contributed by atoms with Crippen molar-refractivity contribution in [3.8, 4) is 0 Å². The van der Waals surface area contributed by atoms with Crippen LogP contribution in [-0.4, -0.2) is 11.5 Å². The molecule has 0 aliphatic carbocycles. The lowest BCUT2D eigenvalue weighted by Crippen LogP contribution is -2.23. The number of aryl methyl sites for hydroxylation is 2. The van der Waals surface area contributed by atoms with Crippen molar-refractivity contribution in [2.45, 2.75) is 33.2 Å². The highest BCUT2D eigenvalue weighted by Gasteiger charge is 2.16. The molecule has 0 bridgehead atoms. The molecule has 0 amide bonds. The molecule has 0 aliphatic rings. The van der Waals surface area contributed by atoms with Crippen molar-refractivity contribution in [3.05, 3.63) is 64.5 Å². The molecule has 1 heterocycles. The smallest absolute Gasteiger partial charge is 0.126 e. The summed E-state index contributed by atoms with van der Waals surface area (Å²) in [4.78, 5) is 4.35. The lowest BCUT2D eigenvalue weighted by atomic mass is 9.97. The standard InChI is InChI=1S/C17H20F2N2/c1-4-5-20-17(13-6-11(2)21-12(3)7-13)14-8-15(18)10-16(19)9-14/h6-10,17,20H,4-5H2,1-3H3. The van der Waals surface area contributed by atoms with Crippen LogP contribution in [0.15, 0.2) is 30.3 Å². The first-order valence-electron chi connectivity index (χ1n) is 7.14. The Balaban J connectivity index is 2.46. The molecule has 1 aromatic heterocycles. The molecule has 0 fully saturated rings. The van der Waals surface area contributed by atoms with E-state index in [1.807, 2.05) is 26.0 Å². The Kier molecular flexibility index (Phi) is 5.02. The van der Waals surface area contributed by atoms with Gasteiger partial charge in [0.2, 0.25) is 0 Å². The number of nitrogens with one attached hydrogen (secondary N) is 1. The van der Waals surface area contributed by atoms with E-state index in [-0.39, 0.29) is 6.04 Å². The fourth-order valence-corrected chi connectivity index (χ4v) is 2.49. The quantitative estimate of drug-likeness (QED) is 0.898. The minimum atomic E-state index is -0.559. The van der Waals surface area contributed by atoms with Gasteiger partial charge in [0.25, 0.3) is 0 Å². The Morgan fingerprint density at radius 3 is 2.00 bits per heavy atom. The Hall–Kier alpha value is -1.81. The molecule has 2 rings (SSSR count). The van der Waals surface area contributed by atoms with Crippen LogP contribution >= 0.6 is 0 Å². The van der Waals surface area contributed by atoms with Crippen molar-refractivity contribution >= 4 is 0 Å². The zero-order valence-electron chi connectivity index (χ0n) is 12.6. The van der Waals surface area contributed by atoms with Gasteiger partial charge in [-0.15, -0.1) is 0 Å². The lowest BCUT2D eigenvalue weighted by molar-refractivity contribution is 0.558. The van der Waals surface area contributed by atoms with E-state index in [2.05, 4.69) is 17.2 Å². The number of aromatic nitrogens is 1. The molecule has 21 heavy (non-hydrogen) atoms. The summed E-state index contributed by atoms with van der Waals surface area (Å²) >= 11 is 0. The van der Waals surface area contributed by atoms with Crippen LogP contribution in [0.1, 0.15) is 41.9 Å². The molecule has 1 atom stereocenters. The third-order valence-electron chi connectivity index (χ3n) is 3.25. The molecule has 0 radical (unpaired) electrons. The van der Waals surface area contributed by atoms with Crippen LogP contribution in [0.2, 0.25) is 0 Å². The van der Waals surface area contributed by atoms with E-state index in [1.165, 1.54) is 12.1 Å². The fourth-order valence-electron chi connectivity index (χ4n) is 2.49. The zero-order chi connectivity index (χ0) is 15.4. The van der Waals surface area contributed by atoms with Gasteiger partial charge < -0.3 is 5.32 Å². The van der Waals surface area contributed by atoms with Gasteiger partial charge in [-0.25, -0.2) is 8.78 Å². The summed E-state index contributed by atoms with van der Waals surface area (Å²) in [6.45, 7) is 6.65. The SMILES string of the molecule is CCCNC(c1cc(F)cc(F)c1)c1cc(C)nc(C)c1. The number of pyridine rings is 1. The van der Waals surface area contributed by atoms with Gasteiger partial charge >= 0.3 is 0 Å². The topological polar surface area (TPSA) is 24.9 Å². The molecule has 2 nitrogen and oxygen atoms in total. The van der Waals surface area contributed by atoms with Gasteiger partial charge in [-0.1, -0.05) is 6.92 Å². The minimum Gasteiger partial charge on any atom is -0.306 e. The predicted octanol–water partition coefficient (Wildman–Crippen LogP) is 4.07. The van der Waals surface area contributed by atoms with Gasteiger partial charge in [0.15, 0.2) is 0 Å². The van der Waals surface area contributed by atoms with Crippen LogP contribution in [0.5, 0.6) is 0 Å². The van der Waals surface area contributed by atoms with Crippen LogP contribution in [0.25, 0.3) is 0 Å². The average Bonchev–Trinajstić information content (AvgIpc) is 2.37. The minimum absolute atomic E-state index is 0.240. The van der Waals surface area contributed by atoms with E-state index in [9.17, 15) is 8.78 Å². The largest absolute Gasteiger partial charge is 0.306 e. The van der Waals surface area contributed by atoms with Crippen molar-refractivity contribution in [2.24, 2.45) is 0 Å². The van der Waals surface area contributed by atoms with Gasteiger partial charge in [-0.3, -0.25) is 4.98 Å². The van der Waals surface area contributed by atoms with Gasteiger partial charge in [-0.05, 0) is 62.2 Å². The second-order valence-electron chi connectivity index (χ2n) is 5.27. The first-order valence-corrected chi connectivity index (χ1v) is 7.14. The van der Waals surface area contributed by atoms with Gasteiger partial charge in [-0.2, -0.15) is 0 Å². The molecular weight excluding hydrogens is 270 g/mol. The van der Waals surface area contributed by atoms with E-state index < -0.39 is 11.6 Å². The average molecular weight is 290 g/mol. The maximum absolute atomic E-state index is 13.5. The normalized spacial score (nSPS) is 12.4. The van der Waals surface area contributed by atoms with E-state index in [1.54, 1.807) is 0 Å². The van der Waals surface area contributed by atoms with Crippen LogP contribution in [0.3, 0.4) is 0 Å². The van der Waals surface area contributed by atoms with Crippen LogP contribution in [0, 0.1) is 25.5 Å². The summed E-state index contributed by atoms with van der Waals surface area (Å²) in [6.07, 6.45) is 0.942. The number of benzene rings is 1. The van der Waals surface area contributed by atoms with E-state index >= 15 is 0 Å². The van der Waals surface area contributed by atoms with Crippen molar-refractivity contribution in [3.63, 3.8) is 0 Å². The Bertz CT molecular complexity index is 534. The molecule has 0 spiro atoms. The molecule has 1 aromatic carbocycles. The Labute approximate surface area is 124 Å². The van der Waals surface area contributed by atoms with Crippen molar-refractivity contribution < 1.29 is 8.78 Å². The van der Waals surface area contributed by atoms with E-state index in [0.717, 1.165) is 36.0 Å². The second kappa shape index (κ2) is 6.76. The van der Waals surface area contributed by atoms with Crippen molar-refractivity contribution in [2.75, 3.05) is 6.54 Å². The molecule has 0 aliphatic heterocycles. The molecule has 1 unspecified atom stereocenters. The number of nitrogens with zero attached hydrogens (tertiary/aromatic N) is 1. The van der Waals surface area contributed by atoms with Gasteiger partial charge in [0, 0.05) is 17.5 Å². The summed E-state index contributed by atoms with van der Waals surface area (Å²) in [5, 5.41) is 3.35. The molecule has 2 aromatic rings. The molecule has 4 heteroatoms. The predicted molar refractivity (Wildman–Crippen MR) is 80.2 cm³/mol. The summed E-state index contributed by atoms with van der Waals surface area (Å²) < 4.78 is 27.0. The highest BCUT2D eigenvalue weighted by molar-refractivity contribution is 5.34. The summed E-state index contributed by atoms with van der Waals surface area (Å²) in [5.74, 6) is -1.12. The number of hydrogen-bond donors (Lipinski definition) is 1. The Morgan fingerprint density at radius 1 is 0.952 bits per heavy atom. The molecule has 1 N–H and O–H groups in total. The summed E-state index contributed by atoms with van der Waals surface area (Å²) in [7, 11) is 0. The van der Waals surface area contributed by atoms with Crippen molar-refractivity contribution in [1.29, 1.82) is 0 Å². The summed E-state index contributed by atoms with van der Waals surface area (Å²) in [5.41, 5.74) is 3.35. The van der Waals surface area contributed by atoms with Gasteiger partial charge in [0.05, 0.1) is 6.04 Å². The monoisotopic (exact) mass is 290 g/mol. The number of hydrogen-bond acceptors (Lipinski definition) is 2. The number of rotatable bonds is 5. The van der Waals surface area contributed by atoms with Gasteiger partial charge in [0.1, 0.15) is 11.6 Å². The maximum atomic E-state index is 13.5. The van der Waals surface area contributed by atoms with Crippen LogP contribution in [0.4, 0.5) is 8.78 Å². The van der Waals surface area contributed by atoms with E-state index in [0.29, 0.717) is 5.56 Å². The molecular formula is C17H20F2N2. The highest BCUT2D eigenvalue weighted by Crippen LogP contribution is 2.24. The van der Waals surface area contributed by atoms with Crippen LogP contribution < -0.4 is 5.32 Å². The lowest BCUT2D eigenvalue weighted by Gasteiger charge is -2.20. The molecule has 0 saturated heterocycles. The first kappa shape index (κ1) is 15.6. The molecule has 112 valence electrons. The highest BCUT2D eigenvalue weighted by atomic mass is 19.1. The fraction of sp³-hybridized carbons (Fsp3) is 0.353. The number of halogens is 2. The van der Waals surface area contributed by atoms with E-state index in [4.69, 9.17) is 0 Å². The van der Waals surface area contributed by atoms with Crippen LogP contribution in [-0.2, 0) is 0 Å². The molecule has 0 saturated carbocycles. The third kappa shape index (κ3) is 4.08. The second-order valence-corrected chi connectivity index (χ2v) is 5.27. The van der Waals surface area contributed by atoms with Crippen molar-refractivity contribution in [1.82, 2.24) is 10.3 Å². The third-order valence-corrected chi connectivity index (χ3v) is 3.25. The zero-order valence-corrected chi connectivity index (χ0v) is 12.6. The Morgan fingerprint density at radius 2 is 1.48 bits per heavy atom. The maximum Gasteiger partial charge on any atom is 0.126 e. The summed E-state index contributed by atoms with van der Waals surface area (Å²) in [6, 6.07) is 7.30.